The Hall–Kier alpha value is -3.45. The van der Waals surface area contributed by atoms with Crippen molar-refractivity contribution in [2.24, 2.45) is 5.92 Å². The first kappa shape index (κ1) is 22.3. The zero-order chi connectivity index (χ0) is 23.9. The molecule has 176 valence electrons. The highest BCUT2D eigenvalue weighted by Gasteiger charge is 2.40. The maximum absolute atomic E-state index is 13.2. The Morgan fingerprint density at radius 2 is 1.79 bits per heavy atom. The Balaban J connectivity index is 1.51. The van der Waals surface area contributed by atoms with E-state index >= 15 is 0 Å². The van der Waals surface area contributed by atoms with Crippen molar-refractivity contribution in [3.8, 4) is 11.5 Å². The Kier molecular flexibility index (Phi) is 5.73. The van der Waals surface area contributed by atoms with E-state index in [1.165, 1.54) is 0 Å². The predicted molar refractivity (Wildman–Crippen MR) is 134 cm³/mol. The van der Waals surface area contributed by atoms with Gasteiger partial charge in [-0.2, -0.15) is 0 Å². The first-order valence-electron chi connectivity index (χ1n) is 11.3. The van der Waals surface area contributed by atoms with Crippen LogP contribution >= 0.6 is 0 Å². The normalized spacial score (nSPS) is 20.7. The number of sulfonamides is 1. The first-order chi connectivity index (χ1) is 16.4. The fourth-order valence-corrected chi connectivity index (χ4v) is 6.21. The molecule has 2 aliphatic rings. The van der Waals surface area contributed by atoms with E-state index in [4.69, 9.17) is 9.47 Å². The molecule has 0 aromatic heterocycles. The SMILES string of the molecule is COc1cccc([C@H]2Nc3ccc(S(=O)(=O)Nc4cccc(C)c4)cc3[C@@H]3C=CC[C@@H]23)c1OC. The molecule has 1 aliphatic carbocycles. The molecule has 2 N–H and O–H groups in total. The van der Waals surface area contributed by atoms with Gasteiger partial charge >= 0.3 is 0 Å². The van der Waals surface area contributed by atoms with Crippen LogP contribution in [0.25, 0.3) is 0 Å². The van der Waals surface area contributed by atoms with Crippen LogP contribution in [-0.4, -0.2) is 22.6 Å². The van der Waals surface area contributed by atoms with Gasteiger partial charge in [0.05, 0.1) is 25.2 Å². The number of methoxy groups -OCH3 is 2. The van der Waals surface area contributed by atoms with Gasteiger partial charge in [0.1, 0.15) is 0 Å². The number of hydrogen-bond donors (Lipinski definition) is 2. The largest absolute Gasteiger partial charge is 0.493 e. The van der Waals surface area contributed by atoms with Crippen LogP contribution in [-0.2, 0) is 10.0 Å². The van der Waals surface area contributed by atoms with Crippen LogP contribution < -0.4 is 19.5 Å². The molecule has 34 heavy (non-hydrogen) atoms. The molecular formula is C27H28N2O4S. The number of para-hydroxylation sites is 1. The van der Waals surface area contributed by atoms with Gasteiger partial charge in [-0.15, -0.1) is 0 Å². The van der Waals surface area contributed by atoms with Crippen molar-refractivity contribution < 1.29 is 17.9 Å². The summed E-state index contributed by atoms with van der Waals surface area (Å²) in [4.78, 5) is 0.256. The third-order valence-electron chi connectivity index (χ3n) is 6.68. The zero-order valence-electron chi connectivity index (χ0n) is 19.4. The van der Waals surface area contributed by atoms with Crippen molar-refractivity contribution in [1.29, 1.82) is 0 Å². The minimum atomic E-state index is -3.72. The summed E-state index contributed by atoms with van der Waals surface area (Å²) >= 11 is 0. The molecular weight excluding hydrogens is 448 g/mol. The minimum Gasteiger partial charge on any atom is -0.493 e. The second-order valence-electron chi connectivity index (χ2n) is 8.78. The van der Waals surface area contributed by atoms with Crippen LogP contribution in [0.5, 0.6) is 11.5 Å². The molecule has 6 nitrogen and oxygen atoms in total. The van der Waals surface area contributed by atoms with E-state index in [9.17, 15) is 8.42 Å². The second kappa shape index (κ2) is 8.72. The summed E-state index contributed by atoms with van der Waals surface area (Å²) in [5.74, 6) is 1.75. The molecule has 0 spiro atoms. The van der Waals surface area contributed by atoms with Crippen molar-refractivity contribution in [1.82, 2.24) is 0 Å². The van der Waals surface area contributed by atoms with Gasteiger partial charge in [0.25, 0.3) is 10.0 Å². The number of anilines is 2. The highest BCUT2D eigenvalue weighted by atomic mass is 32.2. The molecule has 0 amide bonds. The maximum Gasteiger partial charge on any atom is 0.261 e. The summed E-state index contributed by atoms with van der Waals surface area (Å²) in [6.45, 7) is 1.93. The fourth-order valence-electron chi connectivity index (χ4n) is 5.13. The second-order valence-corrected chi connectivity index (χ2v) is 10.5. The summed E-state index contributed by atoms with van der Waals surface area (Å²) in [6, 6.07) is 18.6. The molecule has 0 unspecified atom stereocenters. The molecule has 0 saturated heterocycles. The summed E-state index contributed by atoms with van der Waals surface area (Å²) < 4.78 is 40.2. The van der Waals surface area contributed by atoms with Gasteiger partial charge in [0.15, 0.2) is 11.5 Å². The highest BCUT2D eigenvalue weighted by molar-refractivity contribution is 7.92. The van der Waals surface area contributed by atoms with Gasteiger partial charge in [-0.05, 0) is 66.8 Å². The van der Waals surface area contributed by atoms with Crippen LogP contribution in [0.4, 0.5) is 11.4 Å². The van der Waals surface area contributed by atoms with Crippen molar-refractivity contribution in [2.45, 2.75) is 30.2 Å². The van der Waals surface area contributed by atoms with Gasteiger partial charge in [0, 0.05) is 22.9 Å². The highest BCUT2D eigenvalue weighted by Crippen LogP contribution is 2.52. The molecule has 3 atom stereocenters. The lowest BCUT2D eigenvalue weighted by Crippen LogP contribution is -2.29. The molecule has 7 heteroatoms. The number of fused-ring (bicyclic) bond motifs is 3. The van der Waals surface area contributed by atoms with Crippen LogP contribution in [0.2, 0.25) is 0 Å². The summed E-state index contributed by atoms with van der Waals surface area (Å²) in [7, 11) is -0.426. The average Bonchev–Trinajstić information content (AvgIpc) is 3.33. The molecule has 1 heterocycles. The average molecular weight is 477 g/mol. The Morgan fingerprint density at radius 1 is 0.971 bits per heavy atom. The van der Waals surface area contributed by atoms with E-state index in [0.717, 1.165) is 34.5 Å². The van der Waals surface area contributed by atoms with Crippen molar-refractivity contribution >= 4 is 21.4 Å². The van der Waals surface area contributed by atoms with E-state index in [0.29, 0.717) is 11.4 Å². The monoisotopic (exact) mass is 476 g/mol. The molecule has 0 fully saturated rings. The van der Waals surface area contributed by atoms with E-state index in [1.807, 2.05) is 43.3 Å². The summed E-state index contributed by atoms with van der Waals surface area (Å²) in [6.07, 6.45) is 5.26. The number of aryl methyl sites for hydroxylation is 1. The number of rotatable bonds is 6. The molecule has 0 saturated carbocycles. The molecule has 3 aromatic rings. The van der Waals surface area contributed by atoms with Crippen LogP contribution in [0.3, 0.4) is 0 Å². The maximum atomic E-state index is 13.2. The number of hydrogen-bond acceptors (Lipinski definition) is 5. The van der Waals surface area contributed by atoms with Crippen molar-refractivity contribution in [2.75, 3.05) is 24.3 Å². The quantitative estimate of drug-likeness (QED) is 0.450. The topological polar surface area (TPSA) is 76.7 Å². The molecule has 0 bridgehead atoms. The third kappa shape index (κ3) is 3.90. The van der Waals surface area contributed by atoms with E-state index < -0.39 is 10.0 Å². The zero-order valence-corrected chi connectivity index (χ0v) is 20.2. The smallest absolute Gasteiger partial charge is 0.261 e. The van der Waals surface area contributed by atoms with Crippen molar-refractivity contribution in [3.05, 3.63) is 89.5 Å². The fraction of sp³-hybridized carbons (Fsp3) is 0.259. The van der Waals surface area contributed by atoms with Crippen molar-refractivity contribution in [3.63, 3.8) is 0 Å². The lowest BCUT2D eigenvalue weighted by molar-refractivity contribution is 0.341. The lowest BCUT2D eigenvalue weighted by atomic mass is 9.77. The number of benzene rings is 3. The van der Waals surface area contributed by atoms with Gasteiger partial charge in [-0.25, -0.2) is 8.42 Å². The van der Waals surface area contributed by atoms with Gasteiger partial charge < -0.3 is 14.8 Å². The Bertz CT molecular complexity index is 1370. The van der Waals surface area contributed by atoms with Gasteiger partial charge in [-0.3, -0.25) is 4.72 Å². The molecule has 0 radical (unpaired) electrons. The number of allylic oxidation sites excluding steroid dienone is 2. The number of nitrogens with one attached hydrogen (secondary N) is 2. The van der Waals surface area contributed by atoms with Gasteiger partial charge in [0.2, 0.25) is 0 Å². The molecule has 3 aromatic carbocycles. The number of ether oxygens (including phenoxy) is 2. The Labute approximate surface area is 200 Å². The van der Waals surface area contributed by atoms with E-state index in [1.54, 1.807) is 32.4 Å². The standard InChI is InChI=1S/C27H28N2O4S/c1-17-7-4-8-18(15-17)29-34(30,31)19-13-14-24-23(16-19)20-9-5-10-21(20)26(28-24)22-11-6-12-25(32-2)27(22)33-3/h4-9,11-16,20-21,26,28-29H,10H2,1-3H3/t20-,21-,26+/m1/s1. The Morgan fingerprint density at radius 3 is 2.56 bits per heavy atom. The lowest BCUT2D eigenvalue weighted by Gasteiger charge is -2.38. The predicted octanol–water partition coefficient (Wildman–Crippen LogP) is 5.64. The minimum absolute atomic E-state index is 0.00502. The molecule has 5 rings (SSSR count). The molecule has 1 aliphatic heterocycles. The van der Waals surface area contributed by atoms with Crippen LogP contribution in [0.15, 0.2) is 77.7 Å². The summed E-state index contributed by atoms with van der Waals surface area (Å²) in [5.41, 5.74) is 4.50. The summed E-state index contributed by atoms with van der Waals surface area (Å²) in [5, 5.41) is 3.66. The van der Waals surface area contributed by atoms with Crippen LogP contribution in [0.1, 0.15) is 35.1 Å². The van der Waals surface area contributed by atoms with Crippen LogP contribution in [0, 0.1) is 12.8 Å². The van der Waals surface area contributed by atoms with E-state index in [-0.39, 0.29) is 22.8 Å². The van der Waals surface area contributed by atoms with Gasteiger partial charge in [-0.1, -0.05) is 36.4 Å². The van der Waals surface area contributed by atoms with E-state index in [2.05, 4.69) is 28.3 Å². The first-order valence-corrected chi connectivity index (χ1v) is 12.8. The third-order valence-corrected chi connectivity index (χ3v) is 8.06.